The van der Waals surface area contributed by atoms with E-state index >= 15 is 0 Å². The fraction of sp³-hybridized carbons (Fsp3) is 0.800. The number of aromatic nitrogens is 2. The van der Waals surface area contributed by atoms with E-state index in [2.05, 4.69) is 35.4 Å². The summed E-state index contributed by atoms with van der Waals surface area (Å²) in [7, 11) is 1.96. The van der Waals surface area contributed by atoms with Gasteiger partial charge in [-0.05, 0) is 31.5 Å². The minimum absolute atomic E-state index is 0.274. The Balaban J connectivity index is 1.96. The van der Waals surface area contributed by atoms with E-state index in [0.717, 1.165) is 32.7 Å². The van der Waals surface area contributed by atoms with Crippen molar-refractivity contribution in [2.45, 2.75) is 38.8 Å². The molecule has 0 aliphatic carbocycles. The second-order valence-corrected chi connectivity index (χ2v) is 5.60. The zero-order chi connectivity index (χ0) is 14.4. The third-order valence-corrected chi connectivity index (χ3v) is 3.85. The van der Waals surface area contributed by atoms with Gasteiger partial charge in [0.25, 0.3) is 0 Å². The Morgan fingerprint density at radius 3 is 3.00 bits per heavy atom. The van der Waals surface area contributed by atoms with Crippen molar-refractivity contribution in [3.8, 4) is 0 Å². The maximum absolute atomic E-state index is 6.02. The summed E-state index contributed by atoms with van der Waals surface area (Å²) in [6.07, 6.45) is 6.51. The van der Waals surface area contributed by atoms with Crippen LogP contribution in [-0.2, 0) is 18.2 Å². The number of hydrogen-bond donors (Lipinski definition) is 1. The molecule has 5 heteroatoms. The van der Waals surface area contributed by atoms with Gasteiger partial charge in [0.1, 0.15) is 0 Å². The third-order valence-electron chi connectivity index (χ3n) is 3.85. The summed E-state index contributed by atoms with van der Waals surface area (Å²) in [6, 6.07) is 0.365. The van der Waals surface area contributed by atoms with Gasteiger partial charge in [-0.3, -0.25) is 9.58 Å². The first kappa shape index (κ1) is 15.5. The zero-order valence-electron chi connectivity index (χ0n) is 13.0. The number of rotatable bonds is 7. The molecule has 1 aliphatic rings. The maximum Gasteiger partial charge on any atom is 0.0858 e. The van der Waals surface area contributed by atoms with E-state index in [1.807, 2.05) is 17.9 Å². The minimum atomic E-state index is 0.274. The molecule has 0 radical (unpaired) electrons. The van der Waals surface area contributed by atoms with E-state index in [0.29, 0.717) is 6.04 Å². The number of morpholine rings is 1. The van der Waals surface area contributed by atoms with Crippen molar-refractivity contribution < 1.29 is 4.74 Å². The van der Waals surface area contributed by atoms with Crippen LogP contribution in [0.1, 0.15) is 25.8 Å². The van der Waals surface area contributed by atoms with E-state index in [4.69, 9.17) is 4.74 Å². The Hall–Kier alpha value is -0.910. The van der Waals surface area contributed by atoms with Crippen LogP contribution < -0.4 is 5.32 Å². The molecule has 1 fully saturated rings. The molecular weight excluding hydrogens is 252 g/mol. The molecule has 2 heterocycles. The SMILES string of the molecule is CCCN1CCOC(C(Cc2cnn(C)c2)NCC)C1. The van der Waals surface area contributed by atoms with Crippen LogP contribution >= 0.6 is 0 Å². The van der Waals surface area contributed by atoms with Gasteiger partial charge in [0.05, 0.1) is 18.9 Å². The summed E-state index contributed by atoms with van der Waals surface area (Å²) < 4.78 is 7.88. The zero-order valence-corrected chi connectivity index (χ0v) is 13.0. The first-order valence-electron chi connectivity index (χ1n) is 7.77. The molecule has 1 aliphatic heterocycles. The normalized spacial score (nSPS) is 22.1. The van der Waals surface area contributed by atoms with Gasteiger partial charge in [-0.15, -0.1) is 0 Å². The summed E-state index contributed by atoms with van der Waals surface area (Å²) in [5.41, 5.74) is 1.27. The molecule has 1 N–H and O–H groups in total. The predicted octanol–water partition coefficient (Wildman–Crippen LogP) is 1.05. The Morgan fingerprint density at radius 1 is 1.50 bits per heavy atom. The van der Waals surface area contributed by atoms with Crippen molar-refractivity contribution in [1.82, 2.24) is 20.0 Å². The van der Waals surface area contributed by atoms with Crippen LogP contribution in [0, 0.1) is 0 Å². The standard InChI is InChI=1S/C15H28N4O/c1-4-6-19-7-8-20-15(12-19)14(16-5-2)9-13-10-17-18(3)11-13/h10-11,14-16H,4-9,12H2,1-3H3. The number of nitrogens with one attached hydrogen (secondary N) is 1. The molecule has 114 valence electrons. The highest BCUT2D eigenvalue weighted by Gasteiger charge is 2.27. The molecule has 1 saturated heterocycles. The fourth-order valence-electron chi connectivity index (χ4n) is 2.92. The summed E-state index contributed by atoms with van der Waals surface area (Å²) in [5, 5.41) is 7.84. The van der Waals surface area contributed by atoms with Gasteiger partial charge in [0, 0.05) is 32.4 Å². The van der Waals surface area contributed by atoms with Gasteiger partial charge in [-0.25, -0.2) is 0 Å². The van der Waals surface area contributed by atoms with Crippen LogP contribution in [0.25, 0.3) is 0 Å². The van der Waals surface area contributed by atoms with Gasteiger partial charge in [0.2, 0.25) is 0 Å². The van der Waals surface area contributed by atoms with Gasteiger partial charge < -0.3 is 10.1 Å². The van der Waals surface area contributed by atoms with Gasteiger partial charge in [0.15, 0.2) is 0 Å². The lowest BCUT2D eigenvalue weighted by Crippen LogP contribution is -2.53. The molecule has 5 nitrogen and oxygen atoms in total. The highest BCUT2D eigenvalue weighted by molar-refractivity contribution is 5.07. The average Bonchev–Trinajstić information content (AvgIpc) is 2.84. The second kappa shape index (κ2) is 7.76. The Labute approximate surface area is 122 Å². The number of likely N-dealkylation sites (N-methyl/N-ethyl adjacent to an activating group) is 1. The van der Waals surface area contributed by atoms with E-state index < -0.39 is 0 Å². The van der Waals surface area contributed by atoms with Gasteiger partial charge in [-0.1, -0.05) is 13.8 Å². The van der Waals surface area contributed by atoms with E-state index in [9.17, 15) is 0 Å². The molecule has 1 aromatic heterocycles. The molecule has 1 aromatic rings. The quantitative estimate of drug-likeness (QED) is 0.811. The summed E-state index contributed by atoms with van der Waals surface area (Å²) in [6.45, 7) is 9.48. The van der Waals surface area contributed by atoms with Crippen molar-refractivity contribution in [3.05, 3.63) is 18.0 Å². The first-order valence-corrected chi connectivity index (χ1v) is 7.77. The number of aryl methyl sites for hydroxylation is 1. The molecular formula is C15H28N4O. The second-order valence-electron chi connectivity index (χ2n) is 5.60. The number of hydrogen-bond acceptors (Lipinski definition) is 4. The highest BCUT2D eigenvalue weighted by atomic mass is 16.5. The topological polar surface area (TPSA) is 42.3 Å². The Morgan fingerprint density at radius 2 is 2.35 bits per heavy atom. The van der Waals surface area contributed by atoms with Crippen LogP contribution in [0.3, 0.4) is 0 Å². The minimum Gasteiger partial charge on any atom is -0.374 e. The van der Waals surface area contributed by atoms with Crippen LogP contribution in [-0.4, -0.2) is 59.6 Å². The molecule has 2 rings (SSSR count). The molecule has 0 amide bonds. The molecule has 0 bridgehead atoms. The fourth-order valence-corrected chi connectivity index (χ4v) is 2.92. The lowest BCUT2D eigenvalue weighted by atomic mass is 10.0. The average molecular weight is 280 g/mol. The molecule has 0 aromatic carbocycles. The number of nitrogens with zero attached hydrogens (tertiary/aromatic N) is 3. The van der Waals surface area contributed by atoms with E-state index in [1.54, 1.807) is 0 Å². The van der Waals surface area contributed by atoms with Crippen LogP contribution in [0.2, 0.25) is 0 Å². The summed E-state index contributed by atoms with van der Waals surface area (Å²) in [5.74, 6) is 0. The lowest BCUT2D eigenvalue weighted by molar-refractivity contribution is -0.0459. The molecule has 0 spiro atoms. The van der Waals surface area contributed by atoms with Gasteiger partial charge >= 0.3 is 0 Å². The van der Waals surface area contributed by atoms with Crippen molar-refractivity contribution >= 4 is 0 Å². The van der Waals surface area contributed by atoms with Crippen molar-refractivity contribution in [2.75, 3.05) is 32.8 Å². The van der Waals surface area contributed by atoms with Crippen molar-refractivity contribution in [2.24, 2.45) is 7.05 Å². The predicted molar refractivity (Wildman–Crippen MR) is 80.8 cm³/mol. The summed E-state index contributed by atoms with van der Waals surface area (Å²) in [4.78, 5) is 2.52. The van der Waals surface area contributed by atoms with E-state index in [1.165, 1.54) is 18.5 Å². The van der Waals surface area contributed by atoms with Crippen molar-refractivity contribution in [3.63, 3.8) is 0 Å². The van der Waals surface area contributed by atoms with Gasteiger partial charge in [-0.2, -0.15) is 5.10 Å². The number of ether oxygens (including phenoxy) is 1. The monoisotopic (exact) mass is 280 g/mol. The van der Waals surface area contributed by atoms with Crippen LogP contribution in [0.4, 0.5) is 0 Å². The van der Waals surface area contributed by atoms with E-state index in [-0.39, 0.29) is 6.10 Å². The van der Waals surface area contributed by atoms with Crippen molar-refractivity contribution in [1.29, 1.82) is 0 Å². The van der Waals surface area contributed by atoms with Crippen LogP contribution in [0.5, 0.6) is 0 Å². The Bertz CT molecular complexity index is 391. The molecule has 2 unspecified atom stereocenters. The summed E-state index contributed by atoms with van der Waals surface area (Å²) >= 11 is 0. The smallest absolute Gasteiger partial charge is 0.0858 e. The maximum atomic E-state index is 6.02. The first-order chi connectivity index (χ1) is 9.72. The molecule has 0 saturated carbocycles. The largest absolute Gasteiger partial charge is 0.374 e. The van der Waals surface area contributed by atoms with Crippen LogP contribution in [0.15, 0.2) is 12.4 Å². The molecule has 2 atom stereocenters. The molecule has 20 heavy (non-hydrogen) atoms. The third kappa shape index (κ3) is 4.30. The lowest BCUT2D eigenvalue weighted by Gasteiger charge is -2.37. The highest BCUT2D eigenvalue weighted by Crippen LogP contribution is 2.13. The Kier molecular flexibility index (Phi) is 6.01.